The van der Waals surface area contributed by atoms with Crippen molar-refractivity contribution in [2.45, 2.75) is 13.0 Å². The van der Waals surface area contributed by atoms with E-state index in [1.165, 1.54) is 5.56 Å². The summed E-state index contributed by atoms with van der Waals surface area (Å²) in [6, 6.07) is 8.38. The van der Waals surface area contributed by atoms with Crippen molar-refractivity contribution >= 4 is 23.4 Å². The standard InChI is InChI=1S/C11H16ClNS/c1-9(13-6-7-14-2)10-4-3-5-11(12)8-10/h3-5,8-9,13H,6-7H2,1-2H3/t9-/m0/s1. The average Bonchev–Trinajstić information content (AvgIpc) is 2.18. The maximum Gasteiger partial charge on any atom is 0.0409 e. The van der Waals surface area contributed by atoms with E-state index < -0.39 is 0 Å². The van der Waals surface area contributed by atoms with Crippen molar-refractivity contribution in [1.29, 1.82) is 0 Å². The van der Waals surface area contributed by atoms with Crippen molar-refractivity contribution in [2.24, 2.45) is 0 Å². The van der Waals surface area contributed by atoms with Crippen LogP contribution in [0.15, 0.2) is 24.3 Å². The van der Waals surface area contributed by atoms with Gasteiger partial charge < -0.3 is 5.32 Å². The molecule has 0 fully saturated rings. The number of benzene rings is 1. The van der Waals surface area contributed by atoms with Gasteiger partial charge in [-0.1, -0.05) is 23.7 Å². The first kappa shape index (κ1) is 11.9. The maximum atomic E-state index is 5.92. The minimum atomic E-state index is 0.376. The van der Waals surface area contributed by atoms with Crippen molar-refractivity contribution in [2.75, 3.05) is 18.6 Å². The molecule has 3 heteroatoms. The van der Waals surface area contributed by atoms with Crippen LogP contribution in [0.1, 0.15) is 18.5 Å². The summed E-state index contributed by atoms with van der Waals surface area (Å²) < 4.78 is 0. The third-order valence-electron chi connectivity index (χ3n) is 2.11. The Morgan fingerprint density at radius 2 is 2.29 bits per heavy atom. The van der Waals surface area contributed by atoms with Crippen LogP contribution in [0.5, 0.6) is 0 Å². The molecule has 0 aromatic heterocycles. The first-order valence-electron chi connectivity index (χ1n) is 4.72. The molecule has 0 aliphatic rings. The van der Waals surface area contributed by atoms with E-state index in [1.54, 1.807) is 0 Å². The highest BCUT2D eigenvalue weighted by Crippen LogP contribution is 2.16. The molecule has 0 bridgehead atoms. The van der Waals surface area contributed by atoms with Crippen LogP contribution in [-0.4, -0.2) is 18.6 Å². The topological polar surface area (TPSA) is 12.0 Å². The highest BCUT2D eigenvalue weighted by molar-refractivity contribution is 7.98. The van der Waals surface area contributed by atoms with Gasteiger partial charge in [0.15, 0.2) is 0 Å². The lowest BCUT2D eigenvalue weighted by molar-refractivity contribution is 0.601. The van der Waals surface area contributed by atoms with Gasteiger partial charge in [0.2, 0.25) is 0 Å². The molecule has 1 N–H and O–H groups in total. The summed E-state index contributed by atoms with van der Waals surface area (Å²) in [5.41, 5.74) is 1.25. The third-order valence-corrected chi connectivity index (χ3v) is 2.95. The van der Waals surface area contributed by atoms with Gasteiger partial charge in [0, 0.05) is 23.4 Å². The number of thioether (sulfide) groups is 1. The minimum Gasteiger partial charge on any atom is -0.309 e. The van der Waals surface area contributed by atoms with Crippen LogP contribution in [0.3, 0.4) is 0 Å². The van der Waals surface area contributed by atoms with Crippen LogP contribution in [-0.2, 0) is 0 Å². The number of hydrogen-bond acceptors (Lipinski definition) is 2. The molecule has 0 aliphatic carbocycles. The number of hydrogen-bond donors (Lipinski definition) is 1. The van der Waals surface area contributed by atoms with E-state index in [2.05, 4.69) is 24.6 Å². The lowest BCUT2D eigenvalue weighted by Crippen LogP contribution is -2.21. The SMILES string of the molecule is CSCCN[C@@H](C)c1cccc(Cl)c1. The largest absolute Gasteiger partial charge is 0.309 e. The molecule has 78 valence electrons. The first-order chi connectivity index (χ1) is 6.74. The van der Waals surface area contributed by atoms with Gasteiger partial charge in [-0.3, -0.25) is 0 Å². The number of nitrogens with one attached hydrogen (secondary N) is 1. The Morgan fingerprint density at radius 3 is 2.93 bits per heavy atom. The normalized spacial score (nSPS) is 12.8. The summed E-state index contributed by atoms with van der Waals surface area (Å²) in [4.78, 5) is 0. The average molecular weight is 230 g/mol. The summed E-state index contributed by atoms with van der Waals surface area (Å²) in [5, 5.41) is 4.25. The van der Waals surface area contributed by atoms with E-state index >= 15 is 0 Å². The smallest absolute Gasteiger partial charge is 0.0409 e. The summed E-state index contributed by atoms with van der Waals surface area (Å²) in [6.45, 7) is 3.20. The Labute approximate surface area is 95.2 Å². The zero-order valence-electron chi connectivity index (χ0n) is 8.59. The van der Waals surface area contributed by atoms with Crippen LogP contribution < -0.4 is 5.32 Å². The molecule has 0 spiro atoms. The minimum absolute atomic E-state index is 0.376. The van der Waals surface area contributed by atoms with Gasteiger partial charge in [-0.2, -0.15) is 11.8 Å². The second-order valence-electron chi connectivity index (χ2n) is 3.22. The van der Waals surface area contributed by atoms with Gasteiger partial charge >= 0.3 is 0 Å². The highest BCUT2D eigenvalue weighted by Gasteiger charge is 2.03. The Kier molecular flexibility index (Phi) is 5.38. The lowest BCUT2D eigenvalue weighted by atomic mass is 10.1. The molecular formula is C11H16ClNS. The van der Waals surface area contributed by atoms with Gasteiger partial charge in [0.25, 0.3) is 0 Å². The molecule has 1 atom stereocenters. The van der Waals surface area contributed by atoms with Crippen LogP contribution in [0, 0.1) is 0 Å². The predicted octanol–water partition coefficient (Wildman–Crippen LogP) is 3.35. The van der Waals surface area contributed by atoms with Gasteiger partial charge in [-0.25, -0.2) is 0 Å². The second-order valence-corrected chi connectivity index (χ2v) is 4.65. The van der Waals surface area contributed by atoms with Gasteiger partial charge in [-0.15, -0.1) is 0 Å². The Hall–Kier alpha value is -0.180. The Bertz CT molecular complexity index is 278. The lowest BCUT2D eigenvalue weighted by Gasteiger charge is -2.13. The molecule has 0 unspecified atom stereocenters. The molecule has 0 aliphatic heterocycles. The van der Waals surface area contributed by atoms with E-state index in [-0.39, 0.29) is 0 Å². The van der Waals surface area contributed by atoms with Crippen molar-refractivity contribution < 1.29 is 0 Å². The molecule has 0 radical (unpaired) electrons. The van der Waals surface area contributed by atoms with Crippen LogP contribution >= 0.6 is 23.4 Å². The zero-order chi connectivity index (χ0) is 10.4. The second kappa shape index (κ2) is 6.33. The monoisotopic (exact) mass is 229 g/mol. The fourth-order valence-electron chi connectivity index (χ4n) is 1.27. The molecule has 0 amide bonds. The van der Waals surface area contributed by atoms with E-state index in [9.17, 15) is 0 Å². The van der Waals surface area contributed by atoms with E-state index in [0.29, 0.717) is 6.04 Å². The molecule has 1 rings (SSSR count). The fourth-order valence-corrected chi connectivity index (χ4v) is 1.79. The van der Waals surface area contributed by atoms with E-state index in [4.69, 9.17) is 11.6 Å². The van der Waals surface area contributed by atoms with Gasteiger partial charge in [-0.05, 0) is 30.9 Å². The first-order valence-corrected chi connectivity index (χ1v) is 6.49. The van der Waals surface area contributed by atoms with E-state index in [0.717, 1.165) is 17.3 Å². The Balaban J connectivity index is 2.47. The number of rotatable bonds is 5. The molecule has 14 heavy (non-hydrogen) atoms. The molecule has 0 heterocycles. The maximum absolute atomic E-state index is 5.92. The predicted molar refractivity (Wildman–Crippen MR) is 66.3 cm³/mol. The molecule has 1 nitrogen and oxygen atoms in total. The third kappa shape index (κ3) is 3.91. The number of halogens is 1. The van der Waals surface area contributed by atoms with Crippen molar-refractivity contribution in [3.8, 4) is 0 Å². The fraction of sp³-hybridized carbons (Fsp3) is 0.455. The zero-order valence-corrected chi connectivity index (χ0v) is 10.2. The van der Waals surface area contributed by atoms with Crippen molar-refractivity contribution in [1.82, 2.24) is 5.32 Å². The highest BCUT2D eigenvalue weighted by atomic mass is 35.5. The van der Waals surface area contributed by atoms with E-state index in [1.807, 2.05) is 30.0 Å². The van der Waals surface area contributed by atoms with Crippen LogP contribution in [0.4, 0.5) is 0 Å². The molecule has 0 saturated heterocycles. The van der Waals surface area contributed by atoms with Crippen LogP contribution in [0.25, 0.3) is 0 Å². The summed E-state index contributed by atoms with van der Waals surface area (Å²) in [5.74, 6) is 1.14. The molecular weight excluding hydrogens is 214 g/mol. The van der Waals surface area contributed by atoms with Crippen molar-refractivity contribution in [3.63, 3.8) is 0 Å². The summed E-state index contributed by atoms with van der Waals surface area (Å²) in [6.07, 6.45) is 2.12. The van der Waals surface area contributed by atoms with Crippen LogP contribution in [0.2, 0.25) is 5.02 Å². The molecule has 0 saturated carbocycles. The Morgan fingerprint density at radius 1 is 1.50 bits per heavy atom. The van der Waals surface area contributed by atoms with Crippen molar-refractivity contribution in [3.05, 3.63) is 34.9 Å². The van der Waals surface area contributed by atoms with Gasteiger partial charge in [0.05, 0.1) is 0 Å². The quantitative estimate of drug-likeness (QED) is 0.778. The molecule has 1 aromatic carbocycles. The molecule has 1 aromatic rings. The van der Waals surface area contributed by atoms with Gasteiger partial charge in [0.1, 0.15) is 0 Å². The summed E-state index contributed by atoms with van der Waals surface area (Å²) in [7, 11) is 0. The summed E-state index contributed by atoms with van der Waals surface area (Å²) >= 11 is 7.77.